The van der Waals surface area contributed by atoms with E-state index in [2.05, 4.69) is 25.3 Å². The predicted molar refractivity (Wildman–Crippen MR) is 95.3 cm³/mol. The third kappa shape index (κ3) is 2.59. The number of pyridine rings is 1. The number of thiophene rings is 1. The van der Waals surface area contributed by atoms with Gasteiger partial charge in [0, 0.05) is 41.2 Å². The first kappa shape index (κ1) is 16.6. The molecule has 1 N–H and O–H groups in total. The summed E-state index contributed by atoms with van der Waals surface area (Å²) >= 11 is 1.31. The van der Waals surface area contributed by atoms with E-state index < -0.39 is 17.9 Å². The van der Waals surface area contributed by atoms with Gasteiger partial charge in [0.15, 0.2) is 11.5 Å². The lowest BCUT2D eigenvalue weighted by molar-refractivity contribution is -0.124. The number of nitrogens with zero attached hydrogens (tertiary/aromatic N) is 6. The van der Waals surface area contributed by atoms with E-state index in [9.17, 15) is 13.9 Å². The van der Waals surface area contributed by atoms with E-state index in [1.165, 1.54) is 11.3 Å². The van der Waals surface area contributed by atoms with Crippen molar-refractivity contribution in [1.29, 1.82) is 0 Å². The molecule has 4 aromatic heterocycles. The molecule has 0 aromatic carbocycles. The number of aryl methyl sites for hydroxylation is 1. The lowest BCUT2D eigenvalue weighted by atomic mass is 9.70. The maximum atomic E-state index is 12.7. The maximum absolute atomic E-state index is 12.7. The van der Waals surface area contributed by atoms with E-state index >= 15 is 0 Å². The molecule has 7 nitrogen and oxygen atoms in total. The van der Waals surface area contributed by atoms with Crippen molar-refractivity contribution in [1.82, 2.24) is 29.9 Å². The average molecular weight is 388 g/mol. The molecule has 0 unspecified atom stereocenters. The molecule has 5 rings (SSSR count). The smallest absolute Gasteiger partial charge is 0.241 e. The fraction of sp³-hybridized carbons (Fsp3) is 0.353. The molecule has 0 aliphatic heterocycles. The number of hydrogen-bond acceptors (Lipinski definition) is 7. The topological polar surface area (TPSA) is 89.6 Å². The van der Waals surface area contributed by atoms with Crippen molar-refractivity contribution < 1.29 is 13.9 Å². The van der Waals surface area contributed by atoms with E-state index in [1.807, 2.05) is 6.07 Å². The SMILES string of the molecule is Cn1nnc2cc(-c3ncc4cc(C5(O)CC(C(F)F)C5)sc4n3)cnc21. The van der Waals surface area contributed by atoms with Crippen LogP contribution >= 0.6 is 11.3 Å². The maximum Gasteiger partial charge on any atom is 0.241 e. The second-order valence-electron chi connectivity index (χ2n) is 6.88. The third-order valence-corrected chi connectivity index (χ3v) is 6.22. The van der Waals surface area contributed by atoms with E-state index in [4.69, 9.17) is 0 Å². The molecule has 27 heavy (non-hydrogen) atoms. The summed E-state index contributed by atoms with van der Waals surface area (Å²) in [6, 6.07) is 3.60. The Bertz CT molecular complexity index is 1170. The molecule has 1 aliphatic carbocycles. The highest BCUT2D eigenvalue weighted by Gasteiger charge is 2.48. The van der Waals surface area contributed by atoms with Crippen molar-refractivity contribution >= 4 is 32.7 Å². The number of rotatable bonds is 3. The van der Waals surface area contributed by atoms with Crippen LogP contribution < -0.4 is 0 Å². The van der Waals surface area contributed by atoms with Crippen LogP contribution in [0.2, 0.25) is 0 Å². The van der Waals surface area contributed by atoms with Gasteiger partial charge in [0.1, 0.15) is 10.3 Å². The number of fused-ring (bicyclic) bond motifs is 2. The Kier molecular flexibility index (Phi) is 3.50. The Morgan fingerprint density at radius 2 is 2.07 bits per heavy atom. The van der Waals surface area contributed by atoms with Gasteiger partial charge in [-0.25, -0.2) is 28.4 Å². The number of hydrogen-bond donors (Lipinski definition) is 1. The highest BCUT2D eigenvalue weighted by Crippen LogP contribution is 2.50. The van der Waals surface area contributed by atoms with Gasteiger partial charge in [0.2, 0.25) is 6.43 Å². The summed E-state index contributed by atoms with van der Waals surface area (Å²) in [5.74, 6) is -0.256. The molecule has 0 atom stereocenters. The Hall–Kier alpha value is -2.59. The molecule has 1 fully saturated rings. The molecule has 0 radical (unpaired) electrons. The quantitative estimate of drug-likeness (QED) is 0.580. The first-order valence-electron chi connectivity index (χ1n) is 8.36. The van der Waals surface area contributed by atoms with Crippen LogP contribution in [0, 0.1) is 5.92 Å². The second-order valence-corrected chi connectivity index (χ2v) is 7.91. The third-order valence-electron chi connectivity index (χ3n) is 4.99. The Labute approximate surface area is 155 Å². The molecule has 1 saturated carbocycles. The number of halogens is 2. The Balaban J connectivity index is 1.50. The highest BCUT2D eigenvalue weighted by atomic mass is 32.1. The van der Waals surface area contributed by atoms with Gasteiger partial charge in [-0.05, 0) is 25.0 Å². The van der Waals surface area contributed by atoms with Gasteiger partial charge in [-0.15, -0.1) is 16.4 Å². The highest BCUT2D eigenvalue weighted by molar-refractivity contribution is 7.18. The zero-order valence-corrected chi connectivity index (χ0v) is 15.0. The first-order chi connectivity index (χ1) is 12.9. The molecule has 138 valence electrons. The summed E-state index contributed by atoms with van der Waals surface area (Å²) in [6.07, 6.45) is 1.09. The monoisotopic (exact) mass is 388 g/mol. The lowest BCUT2D eigenvalue weighted by Crippen LogP contribution is -2.43. The van der Waals surface area contributed by atoms with Gasteiger partial charge in [-0.3, -0.25) is 0 Å². The summed E-state index contributed by atoms with van der Waals surface area (Å²) in [6.45, 7) is 0. The minimum atomic E-state index is -2.39. The first-order valence-corrected chi connectivity index (χ1v) is 9.18. The molecule has 0 spiro atoms. The van der Waals surface area contributed by atoms with Gasteiger partial charge >= 0.3 is 0 Å². The summed E-state index contributed by atoms with van der Waals surface area (Å²) in [5.41, 5.74) is 0.832. The molecule has 0 amide bonds. The minimum absolute atomic E-state index is 0.0744. The summed E-state index contributed by atoms with van der Waals surface area (Å²) in [7, 11) is 1.77. The van der Waals surface area contributed by atoms with Gasteiger partial charge in [-0.1, -0.05) is 5.21 Å². The van der Waals surface area contributed by atoms with Crippen molar-refractivity contribution in [3.05, 3.63) is 29.4 Å². The number of aliphatic hydroxyl groups is 1. The number of alkyl halides is 2. The van der Waals surface area contributed by atoms with E-state index in [-0.39, 0.29) is 12.8 Å². The molecule has 0 bridgehead atoms. The van der Waals surface area contributed by atoms with Crippen LogP contribution in [0.15, 0.2) is 24.5 Å². The fourth-order valence-electron chi connectivity index (χ4n) is 3.44. The largest absolute Gasteiger partial charge is 0.384 e. The van der Waals surface area contributed by atoms with Crippen molar-refractivity contribution in [3.8, 4) is 11.4 Å². The zero-order valence-electron chi connectivity index (χ0n) is 14.2. The van der Waals surface area contributed by atoms with Crippen molar-refractivity contribution in [2.75, 3.05) is 0 Å². The molecule has 4 aromatic rings. The minimum Gasteiger partial charge on any atom is -0.384 e. The average Bonchev–Trinajstić information content (AvgIpc) is 3.22. The van der Waals surface area contributed by atoms with Crippen LogP contribution in [-0.2, 0) is 12.6 Å². The van der Waals surface area contributed by atoms with Crippen LogP contribution in [0.4, 0.5) is 8.78 Å². The molecule has 0 saturated heterocycles. The summed E-state index contributed by atoms with van der Waals surface area (Å²) in [4.78, 5) is 14.6. The van der Waals surface area contributed by atoms with Gasteiger partial charge < -0.3 is 5.11 Å². The second kappa shape index (κ2) is 5.70. The van der Waals surface area contributed by atoms with Crippen LogP contribution in [0.1, 0.15) is 17.7 Å². The normalized spacial score (nSPS) is 22.6. The molecule has 4 heterocycles. The van der Waals surface area contributed by atoms with Crippen LogP contribution in [-0.4, -0.2) is 41.5 Å². The van der Waals surface area contributed by atoms with Crippen LogP contribution in [0.3, 0.4) is 0 Å². The molecule has 1 aliphatic rings. The molecule has 10 heteroatoms. The molecular weight excluding hydrogens is 374 g/mol. The van der Waals surface area contributed by atoms with E-state index in [1.54, 1.807) is 30.2 Å². The lowest BCUT2D eigenvalue weighted by Gasteiger charge is -2.42. The van der Waals surface area contributed by atoms with E-state index in [0.29, 0.717) is 32.3 Å². The van der Waals surface area contributed by atoms with Crippen molar-refractivity contribution in [3.63, 3.8) is 0 Å². The number of aromatic nitrogens is 6. The van der Waals surface area contributed by atoms with E-state index in [0.717, 1.165) is 5.39 Å². The summed E-state index contributed by atoms with van der Waals surface area (Å²) in [5, 5.41) is 19.4. The fourth-order valence-corrected chi connectivity index (χ4v) is 4.55. The standard InChI is InChI=1S/C17H14F2N6OS/c1-25-15-11(23-24-25)2-8(6-21-15)14-20-7-9-3-12(27-16(9)22-14)17(26)4-10(5-17)13(18)19/h2-3,6-7,10,13,26H,4-5H2,1H3. The summed E-state index contributed by atoms with van der Waals surface area (Å²) < 4.78 is 27.1. The van der Waals surface area contributed by atoms with Crippen molar-refractivity contribution in [2.24, 2.45) is 13.0 Å². The van der Waals surface area contributed by atoms with Gasteiger partial charge in [0.05, 0.1) is 5.60 Å². The van der Waals surface area contributed by atoms with Gasteiger partial charge in [0.25, 0.3) is 0 Å². The van der Waals surface area contributed by atoms with Crippen LogP contribution in [0.5, 0.6) is 0 Å². The Morgan fingerprint density at radius 1 is 1.26 bits per heavy atom. The Morgan fingerprint density at radius 3 is 2.85 bits per heavy atom. The molecular formula is C17H14F2N6OS. The van der Waals surface area contributed by atoms with Crippen LogP contribution in [0.25, 0.3) is 32.8 Å². The van der Waals surface area contributed by atoms with Crippen molar-refractivity contribution in [2.45, 2.75) is 24.9 Å². The predicted octanol–water partition coefficient (Wildman–Crippen LogP) is 2.90. The zero-order chi connectivity index (χ0) is 18.8. The van der Waals surface area contributed by atoms with Gasteiger partial charge in [-0.2, -0.15) is 0 Å².